The van der Waals surface area contributed by atoms with E-state index in [1.807, 2.05) is 81.4 Å². The number of anilines is 2. The predicted octanol–water partition coefficient (Wildman–Crippen LogP) is 6.29. The van der Waals surface area contributed by atoms with Gasteiger partial charge < -0.3 is 10.1 Å². The van der Waals surface area contributed by atoms with Gasteiger partial charge in [-0.1, -0.05) is 60.2 Å². The molecule has 1 aliphatic rings. The van der Waals surface area contributed by atoms with Gasteiger partial charge in [0.2, 0.25) is 5.91 Å². The summed E-state index contributed by atoms with van der Waals surface area (Å²) in [7, 11) is -3.87. The molecule has 0 unspecified atom stereocenters. The monoisotopic (exact) mass is 498 g/mol. The molecule has 0 bridgehead atoms. The Labute approximate surface area is 211 Å². The third-order valence-corrected chi connectivity index (χ3v) is 7.71. The van der Waals surface area contributed by atoms with Crippen LogP contribution in [0.2, 0.25) is 0 Å². The van der Waals surface area contributed by atoms with Gasteiger partial charge in [-0.05, 0) is 62.2 Å². The number of carbonyl (C=O) groups excluding carboxylic acids is 1. The molecule has 0 spiro atoms. The van der Waals surface area contributed by atoms with Crippen LogP contribution in [0.15, 0.2) is 89.8 Å². The van der Waals surface area contributed by atoms with Gasteiger partial charge in [0.1, 0.15) is 11.5 Å². The fraction of sp³-hybridized carbons (Fsp3) is 0.138. The van der Waals surface area contributed by atoms with Crippen LogP contribution in [0.25, 0.3) is 0 Å². The number of carbonyl (C=O) groups is 1. The summed E-state index contributed by atoms with van der Waals surface area (Å²) in [5.74, 6) is 0.390. The van der Waals surface area contributed by atoms with E-state index in [0.717, 1.165) is 27.8 Å². The molecular formula is C29H26N2O4S. The zero-order valence-corrected chi connectivity index (χ0v) is 21.0. The SMILES string of the molecule is Cc1ccc(NS(=O)(=O)c2ccc(C)c(NC(=O)C3c4ccccc4Oc4ccccc43)c2)c(C)c1. The van der Waals surface area contributed by atoms with Crippen molar-refractivity contribution >= 4 is 27.3 Å². The van der Waals surface area contributed by atoms with Crippen molar-refractivity contribution in [3.63, 3.8) is 0 Å². The minimum absolute atomic E-state index is 0.0659. The molecule has 4 aromatic carbocycles. The Bertz CT molecular complexity index is 1550. The third-order valence-electron chi connectivity index (χ3n) is 6.35. The highest BCUT2D eigenvalue weighted by Crippen LogP contribution is 2.44. The number of rotatable bonds is 5. The Morgan fingerprint density at radius 3 is 2.03 bits per heavy atom. The van der Waals surface area contributed by atoms with E-state index in [-0.39, 0.29) is 10.8 Å². The Balaban J connectivity index is 1.47. The fourth-order valence-electron chi connectivity index (χ4n) is 4.43. The lowest BCUT2D eigenvalue weighted by Gasteiger charge is -2.27. The van der Waals surface area contributed by atoms with E-state index < -0.39 is 15.9 Å². The van der Waals surface area contributed by atoms with Crippen LogP contribution in [-0.2, 0) is 14.8 Å². The second-order valence-corrected chi connectivity index (χ2v) is 10.7. The van der Waals surface area contributed by atoms with Crippen LogP contribution >= 0.6 is 0 Å². The highest BCUT2D eigenvalue weighted by atomic mass is 32.2. The zero-order valence-electron chi connectivity index (χ0n) is 20.2. The smallest absolute Gasteiger partial charge is 0.261 e. The second kappa shape index (κ2) is 9.17. The molecule has 0 saturated heterocycles. The van der Waals surface area contributed by atoms with Crippen LogP contribution < -0.4 is 14.8 Å². The molecule has 182 valence electrons. The standard InChI is InChI=1S/C29H26N2O4S/c1-18-12-15-24(20(3)16-18)31-36(33,34)21-14-13-19(2)25(17-21)30-29(32)28-22-8-4-6-10-26(22)35-27-11-7-5-9-23(27)28/h4-17,28,31H,1-3H3,(H,30,32). The largest absolute Gasteiger partial charge is 0.457 e. The number of benzene rings is 4. The maximum absolute atomic E-state index is 13.6. The summed E-state index contributed by atoms with van der Waals surface area (Å²) in [4.78, 5) is 13.7. The molecule has 2 N–H and O–H groups in total. The van der Waals surface area contributed by atoms with Gasteiger partial charge in [-0.3, -0.25) is 9.52 Å². The van der Waals surface area contributed by atoms with Crippen LogP contribution in [0, 0.1) is 20.8 Å². The summed E-state index contributed by atoms with van der Waals surface area (Å²) < 4.78 is 35.0. The molecule has 1 amide bonds. The number of ether oxygens (including phenoxy) is 1. The van der Waals surface area contributed by atoms with E-state index >= 15 is 0 Å². The van der Waals surface area contributed by atoms with Gasteiger partial charge in [0.05, 0.1) is 16.5 Å². The molecule has 36 heavy (non-hydrogen) atoms. The Hall–Kier alpha value is -4.10. The Morgan fingerprint density at radius 2 is 1.39 bits per heavy atom. The fourth-order valence-corrected chi connectivity index (χ4v) is 5.59. The van der Waals surface area contributed by atoms with Gasteiger partial charge in [-0.2, -0.15) is 0 Å². The summed E-state index contributed by atoms with van der Waals surface area (Å²) >= 11 is 0. The molecule has 1 aliphatic heterocycles. The van der Waals surface area contributed by atoms with E-state index in [0.29, 0.717) is 22.9 Å². The topological polar surface area (TPSA) is 84.5 Å². The summed E-state index contributed by atoms with van der Waals surface area (Å²) in [6.45, 7) is 5.64. The average Bonchev–Trinajstić information content (AvgIpc) is 2.85. The number of hydrogen-bond acceptors (Lipinski definition) is 4. The quantitative estimate of drug-likeness (QED) is 0.339. The van der Waals surface area contributed by atoms with Crippen molar-refractivity contribution in [2.24, 2.45) is 0 Å². The van der Waals surface area contributed by atoms with Crippen LogP contribution in [0.4, 0.5) is 11.4 Å². The minimum atomic E-state index is -3.87. The summed E-state index contributed by atoms with van der Waals surface area (Å²) in [5.41, 5.74) is 5.09. The van der Waals surface area contributed by atoms with Crippen molar-refractivity contribution in [3.8, 4) is 11.5 Å². The van der Waals surface area contributed by atoms with Crippen LogP contribution in [0.1, 0.15) is 33.7 Å². The predicted molar refractivity (Wildman–Crippen MR) is 141 cm³/mol. The average molecular weight is 499 g/mol. The van der Waals surface area contributed by atoms with Crippen LogP contribution in [0.3, 0.4) is 0 Å². The number of hydrogen-bond donors (Lipinski definition) is 2. The molecule has 7 heteroatoms. The molecule has 4 aromatic rings. The lowest BCUT2D eigenvalue weighted by molar-refractivity contribution is -0.116. The molecular weight excluding hydrogens is 472 g/mol. The summed E-state index contributed by atoms with van der Waals surface area (Å²) in [6, 6.07) is 25.1. The molecule has 0 saturated carbocycles. The maximum Gasteiger partial charge on any atom is 0.261 e. The van der Waals surface area contributed by atoms with Crippen molar-refractivity contribution in [1.82, 2.24) is 0 Å². The first kappa shape index (κ1) is 23.6. The van der Waals surface area contributed by atoms with Gasteiger partial charge in [0.15, 0.2) is 0 Å². The highest BCUT2D eigenvalue weighted by Gasteiger charge is 2.32. The summed E-state index contributed by atoms with van der Waals surface area (Å²) in [6.07, 6.45) is 0. The number of nitrogens with one attached hydrogen (secondary N) is 2. The second-order valence-electron chi connectivity index (χ2n) is 9.00. The van der Waals surface area contributed by atoms with Crippen molar-refractivity contribution in [3.05, 3.63) is 113 Å². The number of fused-ring (bicyclic) bond motifs is 2. The van der Waals surface area contributed by atoms with Crippen molar-refractivity contribution < 1.29 is 17.9 Å². The molecule has 5 rings (SSSR count). The molecule has 0 aromatic heterocycles. The first-order valence-corrected chi connectivity index (χ1v) is 13.1. The minimum Gasteiger partial charge on any atom is -0.457 e. The van der Waals surface area contributed by atoms with E-state index in [1.54, 1.807) is 12.1 Å². The van der Waals surface area contributed by atoms with Gasteiger partial charge >= 0.3 is 0 Å². The van der Waals surface area contributed by atoms with Gasteiger partial charge in [-0.15, -0.1) is 0 Å². The first-order chi connectivity index (χ1) is 17.2. The van der Waals surface area contributed by atoms with Crippen LogP contribution in [0.5, 0.6) is 11.5 Å². The lowest BCUT2D eigenvalue weighted by Crippen LogP contribution is -2.25. The van der Waals surface area contributed by atoms with Gasteiger partial charge in [0.25, 0.3) is 10.0 Å². The van der Waals surface area contributed by atoms with Crippen molar-refractivity contribution in [2.45, 2.75) is 31.6 Å². The van der Waals surface area contributed by atoms with E-state index in [1.165, 1.54) is 12.1 Å². The van der Waals surface area contributed by atoms with Crippen LogP contribution in [-0.4, -0.2) is 14.3 Å². The van der Waals surface area contributed by atoms with Crippen molar-refractivity contribution in [1.29, 1.82) is 0 Å². The normalized spacial score (nSPS) is 12.8. The van der Waals surface area contributed by atoms with Gasteiger partial charge in [0, 0.05) is 16.8 Å². The molecule has 0 atom stereocenters. The van der Waals surface area contributed by atoms with E-state index in [9.17, 15) is 13.2 Å². The third kappa shape index (κ3) is 4.45. The zero-order chi connectivity index (χ0) is 25.4. The highest BCUT2D eigenvalue weighted by molar-refractivity contribution is 7.92. The number of sulfonamides is 1. The first-order valence-electron chi connectivity index (χ1n) is 11.6. The number of aryl methyl sites for hydroxylation is 3. The lowest BCUT2D eigenvalue weighted by atomic mass is 9.87. The summed E-state index contributed by atoms with van der Waals surface area (Å²) in [5, 5.41) is 2.97. The van der Waals surface area contributed by atoms with Gasteiger partial charge in [-0.25, -0.2) is 8.42 Å². The molecule has 1 heterocycles. The maximum atomic E-state index is 13.6. The molecule has 6 nitrogen and oxygen atoms in total. The Morgan fingerprint density at radius 1 is 0.750 bits per heavy atom. The van der Waals surface area contributed by atoms with E-state index in [4.69, 9.17) is 4.74 Å². The molecule has 0 fully saturated rings. The number of amides is 1. The van der Waals surface area contributed by atoms with Crippen molar-refractivity contribution in [2.75, 3.05) is 10.0 Å². The Kier molecular flexibility index (Phi) is 6.02. The van der Waals surface area contributed by atoms with E-state index in [2.05, 4.69) is 10.0 Å². The molecule has 0 aliphatic carbocycles. The number of para-hydroxylation sites is 2. The molecule has 0 radical (unpaired) electrons.